The standard InChI is InChI=1S/C21H18N4O6S/c1-11-22-16-5-4-14(9-18(16)31-11)32(29,30)24-13-3-2-12-10-25(21(28)15(12)8-13)17-6-7-19(26)23-20(17)27/h2-5,8-9,17,24H,6-7,10H2,1H3,(H,23,26,27). The average molecular weight is 454 g/mol. The van der Waals surface area contributed by atoms with Gasteiger partial charge in [-0.15, -0.1) is 0 Å². The van der Waals surface area contributed by atoms with Crippen LogP contribution in [-0.2, 0) is 26.2 Å². The number of oxazole rings is 1. The lowest BCUT2D eigenvalue weighted by Gasteiger charge is -2.29. The summed E-state index contributed by atoms with van der Waals surface area (Å²) in [5, 5.41) is 2.25. The number of nitrogens with one attached hydrogen (secondary N) is 2. The first-order chi connectivity index (χ1) is 15.2. The van der Waals surface area contributed by atoms with Crippen molar-refractivity contribution < 1.29 is 27.2 Å². The highest BCUT2D eigenvalue weighted by Crippen LogP contribution is 2.30. The SMILES string of the molecule is Cc1nc2ccc(S(=O)(=O)Nc3ccc4c(c3)C(=O)N(C3CCC(=O)NC3=O)C4)cc2o1. The zero-order chi connectivity index (χ0) is 22.6. The molecule has 3 aromatic rings. The molecule has 32 heavy (non-hydrogen) atoms. The van der Waals surface area contributed by atoms with Gasteiger partial charge in [0.05, 0.1) is 4.90 Å². The van der Waals surface area contributed by atoms with Gasteiger partial charge in [-0.25, -0.2) is 13.4 Å². The Labute approximate surface area is 182 Å². The van der Waals surface area contributed by atoms with Crippen LogP contribution in [0.3, 0.4) is 0 Å². The first kappa shape index (κ1) is 20.2. The minimum Gasteiger partial charge on any atom is -0.441 e. The summed E-state index contributed by atoms with van der Waals surface area (Å²) >= 11 is 0. The molecule has 2 N–H and O–H groups in total. The van der Waals surface area contributed by atoms with Gasteiger partial charge in [-0.2, -0.15) is 0 Å². The Morgan fingerprint density at radius 2 is 1.97 bits per heavy atom. The van der Waals surface area contributed by atoms with E-state index >= 15 is 0 Å². The third kappa shape index (κ3) is 3.40. The molecule has 1 fully saturated rings. The lowest BCUT2D eigenvalue weighted by molar-refractivity contribution is -0.136. The minimum atomic E-state index is -3.94. The highest BCUT2D eigenvalue weighted by molar-refractivity contribution is 7.92. The van der Waals surface area contributed by atoms with Gasteiger partial charge < -0.3 is 9.32 Å². The quantitative estimate of drug-likeness (QED) is 0.572. The van der Waals surface area contributed by atoms with Crippen molar-refractivity contribution in [3.63, 3.8) is 0 Å². The van der Waals surface area contributed by atoms with Crippen molar-refractivity contribution >= 4 is 44.5 Å². The largest absolute Gasteiger partial charge is 0.441 e. The number of nitrogens with zero attached hydrogens (tertiary/aromatic N) is 2. The Balaban J connectivity index is 1.39. The predicted octanol–water partition coefficient (Wildman–Crippen LogP) is 1.70. The van der Waals surface area contributed by atoms with Gasteiger partial charge in [0.1, 0.15) is 11.6 Å². The van der Waals surface area contributed by atoms with E-state index in [0.29, 0.717) is 28.1 Å². The Hall–Kier alpha value is -3.73. The summed E-state index contributed by atoms with van der Waals surface area (Å²) in [5.74, 6) is -0.804. The van der Waals surface area contributed by atoms with E-state index in [1.54, 1.807) is 25.1 Å². The molecule has 1 atom stereocenters. The molecule has 11 heteroatoms. The van der Waals surface area contributed by atoms with Crippen LogP contribution in [-0.4, -0.2) is 42.1 Å². The number of hydrogen-bond acceptors (Lipinski definition) is 7. The fraction of sp³-hybridized carbons (Fsp3) is 0.238. The van der Waals surface area contributed by atoms with Crippen LogP contribution >= 0.6 is 0 Å². The summed E-state index contributed by atoms with van der Waals surface area (Å²) in [6.07, 6.45) is 0.421. The van der Waals surface area contributed by atoms with Crippen molar-refractivity contribution in [1.29, 1.82) is 0 Å². The van der Waals surface area contributed by atoms with Gasteiger partial charge in [-0.1, -0.05) is 6.07 Å². The number of rotatable bonds is 4. The van der Waals surface area contributed by atoms with E-state index in [-0.39, 0.29) is 41.8 Å². The summed E-state index contributed by atoms with van der Waals surface area (Å²) < 4.78 is 33.6. The zero-order valence-electron chi connectivity index (χ0n) is 16.9. The van der Waals surface area contributed by atoms with E-state index in [1.807, 2.05) is 0 Å². The van der Waals surface area contributed by atoms with Crippen LogP contribution in [0.2, 0.25) is 0 Å². The fourth-order valence-electron chi connectivity index (χ4n) is 4.02. The van der Waals surface area contributed by atoms with Gasteiger partial charge in [0.15, 0.2) is 11.5 Å². The molecule has 5 rings (SSSR count). The van der Waals surface area contributed by atoms with Crippen LogP contribution in [0.5, 0.6) is 0 Å². The lowest BCUT2D eigenvalue weighted by Crippen LogP contribution is -2.52. The smallest absolute Gasteiger partial charge is 0.262 e. The van der Waals surface area contributed by atoms with Crippen molar-refractivity contribution in [2.75, 3.05) is 4.72 Å². The number of carbonyl (C=O) groups excluding carboxylic acids is 3. The van der Waals surface area contributed by atoms with E-state index in [2.05, 4.69) is 15.0 Å². The van der Waals surface area contributed by atoms with Crippen molar-refractivity contribution in [3.05, 3.63) is 53.4 Å². The molecule has 10 nitrogen and oxygen atoms in total. The maximum absolute atomic E-state index is 12.9. The number of benzene rings is 2. The average Bonchev–Trinajstić information content (AvgIpc) is 3.26. The van der Waals surface area contributed by atoms with E-state index in [1.165, 1.54) is 23.1 Å². The molecule has 0 bridgehead atoms. The monoisotopic (exact) mass is 454 g/mol. The number of piperidine rings is 1. The van der Waals surface area contributed by atoms with Gasteiger partial charge >= 0.3 is 0 Å². The number of fused-ring (bicyclic) bond motifs is 2. The van der Waals surface area contributed by atoms with Crippen molar-refractivity contribution in [2.24, 2.45) is 0 Å². The van der Waals surface area contributed by atoms with E-state index in [4.69, 9.17) is 4.42 Å². The van der Waals surface area contributed by atoms with Crippen molar-refractivity contribution in [2.45, 2.75) is 37.2 Å². The van der Waals surface area contributed by atoms with E-state index in [0.717, 1.165) is 0 Å². The summed E-state index contributed by atoms with van der Waals surface area (Å²) in [7, 11) is -3.94. The minimum absolute atomic E-state index is 0.00172. The third-order valence-electron chi connectivity index (χ3n) is 5.56. The Morgan fingerprint density at radius 1 is 1.16 bits per heavy atom. The number of anilines is 1. The summed E-state index contributed by atoms with van der Waals surface area (Å²) in [5.41, 5.74) is 2.13. The Bertz CT molecular complexity index is 1410. The van der Waals surface area contributed by atoms with Gasteiger partial charge in [0, 0.05) is 37.2 Å². The van der Waals surface area contributed by atoms with Gasteiger partial charge in [0.2, 0.25) is 11.8 Å². The highest BCUT2D eigenvalue weighted by Gasteiger charge is 2.39. The van der Waals surface area contributed by atoms with Crippen LogP contribution in [0.15, 0.2) is 45.7 Å². The zero-order valence-corrected chi connectivity index (χ0v) is 17.7. The second kappa shape index (κ2) is 7.16. The van der Waals surface area contributed by atoms with Crippen LogP contribution in [0.25, 0.3) is 11.1 Å². The molecule has 0 spiro atoms. The molecule has 0 aliphatic carbocycles. The fourth-order valence-corrected chi connectivity index (χ4v) is 5.08. The summed E-state index contributed by atoms with van der Waals surface area (Å²) in [6.45, 7) is 1.89. The van der Waals surface area contributed by atoms with Crippen molar-refractivity contribution in [1.82, 2.24) is 15.2 Å². The molecular weight excluding hydrogens is 436 g/mol. The molecule has 2 aromatic carbocycles. The van der Waals surface area contributed by atoms with Crippen LogP contribution in [0.1, 0.15) is 34.7 Å². The molecule has 1 unspecified atom stereocenters. The number of imide groups is 1. The van der Waals surface area contributed by atoms with Gasteiger partial charge in [-0.3, -0.25) is 24.4 Å². The molecule has 2 aliphatic rings. The molecule has 1 aromatic heterocycles. The van der Waals surface area contributed by atoms with E-state index < -0.39 is 22.0 Å². The number of aryl methyl sites for hydroxylation is 1. The lowest BCUT2D eigenvalue weighted by atomic mass is 10.0. The number of amides is 3. The van der Waals surface area contributed by atoms with Crippen LogP contribution in [0.4, 0.5) is 5.69 Å². The summed E-state index contributed by atoms with van der Waals surface area (Å²) in [4.78, 5) is 42.0. The molecule has 0 radical (unpaired) electrons. The second-order valence-electron chi connectivity index (χ2n) is 7.74. The van der Waals surface area contributed by atoms with Gasteiger partial charge in [-0.05, 0) is 36.2 Å². The second-order valence-corrected chi connectivity index (χ2v) is 9.42. The highest BCUT2D eigenvalue weighted by atomic mass is 32.2. The number of sulfonamides is 1. The van der Waals surface area contributed by atoms with Crippen LogP contribution < -0.4 is 10.0 Å². The topological polar surface area (TPSA) is 139 Å². The normalized spacial score (nSPS) is 18.7. The first-order valence-corrected chi connectivity index (χ1v) is 11.4. The summed E-state index contributed by atoms with van der Waals surface area (Å²) in [6, 6.07) is 8.32. The molecule has 0 saturated carbocycles. The number of carbonyl (C=O) groups is 3. The molecule has 164 valence electrons. The molecular formula is C21H18N4O6S. The molecule has 3 amide bonds. The number of aromatic nitrogens is 1. The molecule has 1 saturated heterocycles. The molecule has 2 aliphatic heterocycles. The van der Waals surface area contributed by atoms with Gasteiger partial charge in [0.25, 0.3) is 15.9 Å². The van der Waals surface area contributed by atoms with Crippen LogP contribution in [0, 0.1) is 6.92 Å². The van der Waals surface area contributed by atoms with E-state index in [9.17, 15) is 22.8 Å². The predicted molar refractivity (Wildman–Crippen MR) is 112 cm³/mol. The third-order valence-corrected chi connectivity index (χ3v) is 6.94. The maximum Gasteiger partial charge on any atom is 0.262 e. The Kier molecular flexibility index (Phi) is 4.52. The number of hydrogen-bond donors (Lipinski definition) is 2. The Morgan fingerprint density at radius 3 is 2.75 bits per heavy atom. The molecule has 3 heterocycles. The van der Waals surface area contributed by atoms with Crippen molar-refractivity contribution in [3.8, 4) is 0 Å². The maximum atomic E-state index is 12.9. The first-order valence-electron chi connectivity index (χ1n) is 9.89.